The first-order valence-corrected chi connectivity index (χ1v) is 8.65. The largest absolute Gasteiger partial charge is 0.360 e. The Kier molecular flexibility index (Phi) is 4.53. The van der Waals surface area contributed by atoms with Gasteiger partial charge in [0.2, 0.25) is 0 Å². The molecule has 0 spiro atoms. The minimum absolute atomic E-state index is 0.0916. The van der Waals surface area contributed by atoms with Gasteiger partial charge in [0.25, 0.3) is 5.91 Å². The first kappa shape index (κ1) is 16.5. The molecule has 0 N–H and O–H groups in total. The Morgan fingerprint density at radius 3 is 2.50 bits per heavy atom. The van der Waals surface area contributed by atoms with Gasteiger partial charge >= 0.3 is 0 Å². The molecule has 7 nitrogen and oxygen atoms in total. The molecule has 0 radical (unpaired) electrons. The van der Waals surface area contributed by atoms with Gasteiger partial charge in [0.15, 0.2) is 17.2 Å². The molecule has 1 amide bonds. The molecule has 3 aromatic rings. The number of hydrogen-bond donors (Lipinski definition) is 0. The minimum atomic E-state index is -0.0916. The van der Waals surface area contributed by atoms with E-state index in [9.17, 15) is 4.79 Å². The van der Waals surface area contributed by atoms with Gasteiger partial charge in [-0.3, -0.25) is 9.69 Å². The van der Waals surface area contributed by atoms with Crippen molar-refractivity contribution in [2.75, 3.05) is 26.2 Å². The molecule has 0 aliphatic carbocycles. The van der Waals surface area contributed by atoms with Crippen LogP contribution in [0.5, 0.6) is 0 Å². The summed E-state index contributed by atoms with van der Waals surface area (Å²) in [6.07, 6.45) is 0. The lowest BCUT2D eigenvalue weighted by Crippen LogP contribution is -2.48. The average molecular weight is 352 g/mol. The number of aromatic nitrogens is 2. The van der Waals surface area contributed by atoms with E-state index in [0.717, 1.165) is 30.1 Å². The molecule has 0 atom stereocenters. The summed E-state index contributed by atoms with van der Waals surface area (Å²) in [5, 5.41) is 7.86. The van der Waals surface area contributed by atoms with Crippen molar-refractivity contribution in [1.29, 1.82) is 0 Å². The van der Waals surface area contributed by atoms with Gasteiger partial charge in [0.1, 0.15) is 0 Å². The minimum Gasteiger partial charge on any atom is -0.360 e. The van der Waals surface area contributed by atoms with Crippen molar-refractivity contribution in [2.45, 2.75) is 13.5 Å². The molecule has 4 rings (SSSR count). The Balaban J connectivity index is 1.36. The number of carbonyl (C=O) groups is 1. The molecule has 1 aliphatic rings. The Morgan fingerprint density at radius 2 is 1.81 bits per heavy atom. The molecule has 2 aromatic heterocycles. The Hall–Kier alpha value is -2.93. The Bertz CT molecular complexity index is 879. The van der Waals surface area contributed by atoms with Crippen LogP contribution in [0, 0.1) is 6.92 Å². The maximum absolute atomic E-state index is 12.7. The fourth-order valence-electron chi connectivity index (χ4n) is 3.10. The molecule has 7 heteroatoms. The van der Waals surface area contributed by atoms with Crippen molar-refractivity contribution in [2.24, 2.45) is 0 Å². The second kappa shape index (κ2) is 7.13. The fraction of sp³-hybridized carbons (Fsp3) is 0.316. The van der Waals surface area contributed by atoms with E-state index in [4.69, 9.17) is 9.05 Å². The molecule has 134 valence electrons. The summed E-state index contributed by atoms with van der Waals surface area (Å²) in [5.74, 6) is 1.37. The van der Waals surface area contributed by atoms with Crippen molar-refractivity contribution in [3.05, 3.63) is 59.6 Å². The number of rotatable bonds is 4. The van der Waals surface area contributed by atoms with Gasteiger partial charge in [0, 0.05) is 43.9 Å². The van der Waals surface area contributed by atoms with Gasteiger partial charge in [-0.25, -0.2) is 0 Å². The Morgan fingerprint density at radius 1 is 1.04 bits per heavy atom. The zero-order chi connectivity index (χ0) is 17.9. The summed E-state index contributed by atoms with van der Waals surface area (Å²) in [6.45, 7) is 5.50. The summed E-state index contributed by atoms with van der Waals surface area (Å²) in [6, 6.07) is 13.3. The van der Waals surface area contributed by atoms with Gasteiger partial charge in [0.05, 0.1) is 12.2 Å². The third-order valence-electron chi connectivity index (χ3n) is 4.50. The third-order valence-corrected chi connectivity index (χ3v) is 4.50. The molecule has 3 heterocycles. The molecule has 0 bridgehead atoms. The lowest BCUT2D eigenvalue weighted by molar-refractivity contribution is 0.0607. The predicted octanol–water partition coefficient (Wildman–Crippen LogP) is 2.60. The molecular formula is C19H20N4O3. The van der Waals surface area contributed by atoms with Gasteiger partial charge in [-0.1, -0.05) is 40.6 Å². The van der Waals surface area contributed by atoms with E-state index in [1.54, 1.807) is 6.07 Å². The molecule has 1 fully saturated rings. The normalized spacial score (nSPS) is 15.3. The molecule has 1 aliphatic heterocycles. The van der Waals surface area contributed by atoms with Crippen LogP contribution >= 0.6 is 0 Å². The highest BCUT2D eigenvalue weighted by Gasteiger charge is 2.25. The van der Waals surface area contributed by atoms with Crippen LogP contribution in [0.2, 0.25) is 0 Å². The smallest absolute Gasteiger partial charge is 0.276 e. The second-order valence-corrected chi connectivity index (χ2v) is 6.45. The van der Waals surface area contributed by atoms with Crippen molar-refractivity contribution in [1.82, 2.24) is 20.1 Å². The van der Waals surface area contributed by atoms with Crippen LogP contribution in [-0.2, 0) is 6.54 Å². The van der Waals surface area contributed by atoms with Crippen LogP contribution in [0.3, 0.4) is 0 Å². The maximum atomic E-state index is 12.7. The lowest BCUT2D eigenvalue weighted by atomic mass is 10.1. The van der Waals surface area contributed by atoms with Crippen molar-refractivity contribution in [3.8, 4) is 11.3 Å². The SMILES string of the molecule is Cc1cc(CN2CCN(C(=O)c3cc(-c4ccccc4)on3)CC2)on1. The number of carbonyl (C=O) groups excluding carboxylic acids is 1. The topological polar surface area (TPSA) is 75.6 Å². The average Bonchev–Trinajstić information content (AvgIpc) is 3.32. The Labute approximate surface area is 151 Å². The molecule has 1 saturated heterocycles. The van der Waals surface area contributed by atoms with Crippen LogP contribution < -0.4 is 0 Å². The van der Waals surface area contributed by atoms with E-state index in [-0.39, 0.29) is 5.91 Å². The van der Waals surface area contributed by atoms with E-state index in [0.29, 0.717) is 31.1 Å². The number of benzene rings is 1. The van der Waals surface area contributed by atoms with Crippen molar-refractivity contribution in [3.63, 3.8) is 0 Å². The van der Waals surface area contributed by atoms with Gasteiger partial charge in [-0.2, -0.15) is 0 Å². The van der Waals surface area contributed by atoms with E-state index in [1.165, 1.54) is 0 Å². The highest BCUT2D eigenvalue weighted by Crippen LogP contribution is 2.21. The molecule has 0 saturated carbocycles. The predicted molar refractivity (Wildman–Crippen MR) is 94.4 cm³/mol. The molecular weight excluding hydrogens is 332 g/mol. The lowest BCUT2D eigenvalue weighted by Gasteiger charge is -2.33. The monoisotopic (exact) mass is 352 g/mol. The number of hydrogen-bond acceptors (Lipinski definition) is 6. The number of amides is 1. The third kappa shape index (κ3) is 3.52. The maximum Gasteiger partial charge on any atom is 0.276 e. The second-order valence-electron chi connectivity index (χ2n) is 6.45. The highest BCUT2D eigenvalue weighted by molar-refractivity contribution is 5.93. The van der Waals surface area contributed by atoms with Gasteiger partial charge in [-0.05, 0) is 6.92 Å². The summed E-state index contributed by atoms with van der Waals surface area (Å²) in [7, 11) is 0. The zero-order valence-electron chi connectivity index (χ0n) is 14.6. The summed E-state index contributed by atoms with van der Waals surface area (Å²) in [5.41, 5.74) is 2.14. The summed E-state index contributed by atoms with van der Waals surface area (Å²) < 4.78 is 10.6. The molecule has 26 heavy (non-hydrogen) atoms. The van der Waals surface area contributed by atoms with Crippen LogP contribution in [0.1, 0.15) is 21.9 Å². The standard InChI is InChI=1S/C19H20N4O3/c1-14-11-16(25-20-14)13-22-7-9-23(10-8-22)19(24)17-12-18(26-21-17)15-5-3-2-4-6-15/h2-6,11-12H,7-10,13H2,1H3. The van der Waals surface area contributed by atoms with Crippen LogP contribution in [0.25, 0.3) is 11.3 Å². The van der Waals surface area contributed by atoms with Gasteiger partial charge in [-0.15, -0.1) is 0 Å². The van der Waals surface area contributed by atoms with Crippen LogP contribution in [0.4, 0.5) is 0 Å². The highest BCUT2D eigenvalue weighted by atomic mass is 16.5. The number of nitrogens with zero attached hydrogens (tertiary/aromatic N) is 4. The van der Waals surface area contributed by atoms with Crippen LogP contribution in [0.15, 0.2) is 51.5 Å². The van der Waals surface area contributed by atoms with E-state index < -0.39 is 0 Å². The van der Waals surface area contributed by atoms with E-state index in [2.05, 4.69) is 15.2 Å². The molecule has 1 aromatic carbocycles. The van der Waals surface area contributed by atoms with E-state index >= 15 is 0 Å². The van der Waals surface area contributed by atoms with E-state index in [1.807, 2.05) is 48.2 Å². The molecule has 0 unspecified atom stereocenters. The fourth-order valence-corrected chi connectivity index (χ4v) is 3.10. The first-order chi connectivity index (χ1) is 12.7. The zero-order valence-corrected chi connectivity index (χ0v) is 14.6. The van der Waals surface area contributed by atoms with Crippen molar-refractivity contribution < 1.29 is 13.8 Å². The summed E-state index contributed by atoms with van der Waals surface area (Å²) >= 11 is 0. The number of piperazine rings is 1. The summed E-state index contributed by atoms with van der Waals surface area (Å²) in [4.78, 5) is 16.7. The van der Waals surface area contributed by atoms with Crippen molar-refractivity contribution >= 4 is 5.91 Å². The van der Waals surface area contributed by atoms with Crippen LogP contribution in [-0.4, -0.2) is 52.2 Å². The first-order valence-electron chi connectivity index (χ1n) is 8.65. The quantitative estimate of drug-likeness (QED) is 0.718. The van der Waals surface area contributed by atoms with Gasteiger partial charge < -0.3 is 13.9 Å². The number of aryl methyl sites for hydroxylation is 1.